The number of aryl methyl sites for hydroxylation is 2. The lowest BCUT2D eigenvalue weighted by molar-refractivity contribution is -0.907. The smallest absolute Gasteiger partial charge is 0.339 e. The number of methoxy groups -OCH3 is 1. The highest BCUT2D eigenvalue weighted by molar-refractivity contribution is 7.10. The summed E-state index contributed by atoms with van der Waals surface area (Å²) in [4.78, 5) is 30.3. The molecule has 2 aromatic heterocycles. The lowest BCUT2D eigenvalue weighted by atomic mass is 10.0. The van der Waals surface area contributed by atoms with Crippen LogP contribution in [-0.4, -0.2) is 36.9 Å². The van der Waals surface area contributed by atoms with Gasteiger partial charge in [-0.2, -0.15) is 0 Å². The number of hydrogen-bond acceptors (Lipinski definition) is 4. The van der Waals surface area contributed by atoms with Gasteiger partial charge >= 0.3 is 5.97 Å². The maximum Gasteiger partial charge on any atom is 0.339 e. The molecule has 0 aliphatic carbocycles. The molecule has 24 heavy (non-hydrogen) atoms. The monoisotopic (exact) mass is 349 g/mol. The zero-order valence-electron chi connectivity index (χ0n) is 15.1. The minimum absolute atomic E-state index is 0.0115. The van der Waals surface area contributed by atoms with Crippen molar-refractivity contribution in [3.05, 3.63) is 44.4 Å². The Hall–Kier alpha value is -1.92. The first-order valence-corrected chi connectivity index (χ1v) is 8.82. The van der Waals surface area contributed by atoms with Gasteiger partial charge in [0.25, 0.3) is 0 Å². The van der Waals surface area contributed by atoms with Crippen LogP contribution in [0.3, 0.4) is 0 Å². The molecule has 0 aliphatic rings. The zero-order chi connectivity index (χ0) is 18.0. The Kier molecular flexibility index (Phi) is 5.62. The molecule has 0 radical (unpaired) electrons. The van der Waals surface area contributed by atoms with Gasteiger partial charge in [-0.15, -0.1) is 11.3 Å². The fourth-order valence-electron chi connectivity index (χ4n) is 2.84. The number of ketones is 1. The van der Waals surface area contributed by atoms with Crippen LogP contribution in [0, 0.1) is 20.8 Å². The summed E-state index contributed by atoms with van der Waals surface area (Å²) in [6, 6.07) is 1.88. The molecule has 0 amide bonds. The van der Waals surface area contributed by atoms with Gasteiger partial charge in [-0.05, 0) is 50.3 Å². The summed E-state index contributed by atoms with van der Waals surface area (Å²) in [5.41, 5.74) is 3.55. The van der Waals surface area contributed by atoms with E-state index in [0.717, 1.165) is 11.4 Å². The van der Waals surface area contributed by atoms with Gasteiger partial charge in [-0.3, -0.25) is 4.79 Å². The van der Waals surface area contributed by atoms with Gasteiger partial charge in [0.05, 0.1) is 30.3 Å². The molecule has 0 spiro atoms. The average Bonchev–Trinajstić information content (AvgIpc) is 3.08. The summed E-state index contributed by atoms with van der Waals surface area (Å²) in [6.07, 6.45) is 0. The average molecular weight is 349 g/mol. The van der Waals surface area contributed by atoms with E-state index in [1.807, 2.05) is 14.0 Å². The summed E-state index contributed by atoms with van der Waals surface area (Å²) >= 11 is 1.72. The molecular formula is C18H25N2O3S+. The Labute approximate surface area is 146 Å². The van der Waals surface area contributed by atoms with E-state index >= 15 is 0 Å². The Morgan fingerprint density at radius 2 is 2.00 bits per heavy atom. The van der Waals surface area contributed by atoms with E-state index in [1.165, 1.54) is 17.6 Å². The summed E-state index contributed by atoms with van der Waals surface area (Å²) in [5.74, 6) is -0.402. The van der Waals surface area contributed by atoms with Crippen LogP contribution < -0.4 is 4.90 Å². The van der Waals surface area contributed by atoms with E-state index in [1.54, 1.807) is 25.2 Å². The van der Waals surface area contributed by atoms with E-state index < -0.39 is 5.97 Å². The Bertz CT molecular complexity index is 760. The van der Waals surface area contributed by atoms with E-state index in [0.29, 0.717) is 22.5 Å². The first kappa shape index (κ1) is 18.4. The van der Waals surface area contributed by atoms with Crippen LogP contribution in [0.1, 0.15) is 49.5 Å². The number of quaternary nitrogens is 1. The van der Waals surface area contributed by atoms with E-state index in [2.05, 4.69) is 23.4 Å². The first-order chi connectivity index (χ1) is 11.3. The van der Waals surface area contributed by atoms with Crippen LogP contribution in [0.4, 0.5) is 0 Å². The standard InChI is InChI=1S/C18H24N2O3S/c1-10-7-8-24-14(10)9-20(5)13(4)17(21)16-11(2)15(12(3)19-16)18(22)23-6/h7-8,13,19H,9H2,1-6H3/p+1/t13-/m1/s1. The van der Waals surface area contributed by atoms with Crippen LogP contribution in [0.2, 0.25) is 0 Å². The van der Waals surface area contributed by atoms with Crippen LogP contribution >= 0.6 is 11.3 Å². The highest BCUT2D eigenvalue weighted by Gasteiger charge is 2.29. The van der Waals surface area contributed by atoms with Gasteiger partial charge in [0.2, 0.25) is 5.78 Å². The topological polar surface area (TPSA) is 63.6 Å². The van der Waals surface area contributed by atoms with Crippen LogP contribution in [0.15, 0.2) is 11.4 Å². The van der Waals surface area contributed by atoms with Gasteiger partial charge in [0.1, 0.15) is 6.54 Å². The van der Waals surface area contributed by atoms with Crippen molar-refractivity contribution in [2.45, 2.75) is 40.3 Å². The summed E-state index contributed by atoms with van der Waals surface area (Å²) in [6.45, 7) is 8.39. The van der Waals surface area contributed by atoms with Crippen molar-refractivity contribution in [2.24, 2.45) is 0 Å². The normalized spacial score (nSPS) is 13.6. The molecule has 130 valence electrons. The second-order valence-corrected chi connectivity index (χ2v) is 7.25. The number of carbonyl (C=O) groups is 2. The Balaban J connectivity index is 2.22. The van der Waals surface area contributed by atoms with Crippen molar-refractivity contribution in [1.29, 1.82) is 0 Å². The molecule has 0 saturated heterocycles. The number of carbonyl (C=O) groups excluding carboxylic acids is 2. The zero-order valence-corrected chi connectivity index (χ0v) is 15.9. The van der Waals surface area contributed by atoms with E-state index in [4.69, 9.17) is 4.74 Å². The molecular weight excluding hydrogens is 324 g/mol. The predicted octanol–water partition coefficient (Wildman–Crippen LogP) is 2.07. The molecule has 2 N–H and O–H groups in total. The van der Waals surface area contributed by atoms with Gasteiger partial charge in [-0.1, -0.05) is 0 Å². The van der Waals surface area contributed by atoms with Crippen LogP contribution in [-0.2, 0) is 11.3 Å². The van der Waals surface area contributed by atoms with Crippen molar-refractivity contribution in [2.75, 3.05) is 14.2 Å². The maximum absolute atomic E-state index is 12.9. The lowest BCUT2D eigenvalue weighted by Crippen LogP contribution is -3.12. The van der Waals surface area contributed by atoms with Crippen molar-refractivity contribution in [3.63, 3.8) is 0 Å². The summed E-state index contributed by atoms with van der Waals surface area (Å²) < 4.78 is 4.81. The predicted molar refractivity (Wildman–Crippen MR) is 95.0 cm³/mol. The van der Waals surface area contributed by atoms with Gasteiger partial charge in [-0.25, -0.2) is 4.79 Å². The highest BCUT2D eigenvalue weighted by Crippen LogP contribution is 2.20. The van der Waals surface area contributed by atoms with E-state index in [-0.39, 0.29) is 11.8 Å². The number of aromatic nitrogens is 1. The molecule has 0 fully saturated rings. The van der Waals surface area contributed by atoms with Crippen molar-refractivity contribution >= 4 is 23.1 Å². The molecule has 6 heteroatoms. The van der Waals surface area contributed by atoms with Crippen molar-refractivity contribution in [3.8, 4) is 0 Å². The number of H-pyrrole nitrogens is 1. The number of Topliss-reactive ketones (excluding diaryl/α,β-unsaturated/α-hetero) is 1. The fourth-order valence-corrected chi connectivity index (χ4v) is 3.84. The molecule has 0 bridgehead atoms. The molecule has 0 aliphatic heterocycles. The molecule has 1 unspecified atom stereocenters. The highest BCUT2D eigenvalue weighted by atomic mass is 32.1. The second-order valence-electron chi connectivity index (χ2n) is 6.25. The SMILES string of the molecule is COC(=O)c1c(C)[nH]c(C(=O)[C@@H](C)[NH+](C)Cc2sccc2C)c1C. The minimum Gasteiger partial charge on any atom is -0.465 e. The Morgan fingerprint density at radius 1 is 1.33 bits per heavy atom. The summed E-state index contributed by atoms with van der Waals surface area (Å²) in [7, 11) is 3.37. The first-order valence-electron chi connectivity index (χ1n) is 7.94. The van der Waals surface area contributed by atoms with Crippen molar-refractivity contribution < 1.29 is 19.2 Å². The number of esters is 1. The number of nitrogens with one attached hydrogen (secondary N) is 2. The largest absolute Gasteiger partial charge is 0.465 e. The second kappa shape index (κ2) is 7.32. The third-order valence-corrected chi connectivity index (χ3v) is 5.64. The number of rotatable bonds is 6. The molecule has 2 heterocycles. The number of ether oxygens (including phenoxy) is 1. The number of aromatic amines is 1. The van der Waals surface area contributed by atoms with Crippen LogP contribution in [0.25, 0.3) is 0 Å². The molecule has 0 aromatic carbocycles. The van der Waals surface area contributed by atoms with Gasteiger partial charge < -0.3 is 14.6 Å². The van der Waals surface area contributed by atoms with Crippen LogP contribution in [0.5, 0.6) is 0 Å². The fraction of sp³-hybridized carbons (Fsp3) is 0.444. The maximum atomic E-state index is 12.9. The molecule has 5 nitrogen and oxygen atoms in total. The van der Waals surface area contributed by atoms with Gasteiger partial charge in [0, 0.05) is 5.69 Å². The molecule has 2 rings (SSSR count). The molecule has 2 atom stereocenters. The number of hydrogen-bond donors (Lipinski definition) is 2. The number of likely N-dealkylation sites (N-methyl/N-ethyl adjacent to an activating group) is 1. The van der Waals surface area contributed by atoms with E-state index in [9.17, 15) is 9.59 Å². The van der Waals surface area contributed by atoms with Gasteiger partial charge in [0.15, 0.2) is 6.04 Å². The van der Waals surface area contributed by atoms with Crippen molar-refractivity contribution in [1.82, 2.24) is 4.98 Å². The Morgan fingerprint density at radius 3 is 2.54 bits per heavy atom. The molecule has 2 aromatic rings. The molecule has 0 saturated carbocycles. The lowest BCUT2D eigenvalue weighted by Gasteiger charge is -2.20. The quantitative estimate of drug-likeness (QED) is 0.620. The summed E-state index contributed by atoms with van der Waals surface area (Å²) in [5, 5.41) is 2.07. The third-order valence-electron chi connectivity index (χ3n) is 4.61. The number of thiophene rings is 1. The third kappa shape index (κ3) is 3.44. The minimum atomic E-state index is -0.414.